The van der Waals surface area contributed by atoms with E-state index in [9.17, 15) is 4.79 Å². The maximum atomic E-state index is 12.8. The summed E-state index contributed by atoms with van der Waals surface area (Å²) < 4.78 is 0. The van der Waals surface area contributed by atoms with Gasteiger partial charge in [-0.05, 0) is 64.4 Å². The van der Waals surface area contributed by atoms with Gasteiger partial charge in [0.1, 0.15) is 0 Å². The molecule has 1 aromatic rings. The van der Waals surface area contributed by atoms with Gasteiger partial charge >= 0.3 is 0 Å². The SMILES string of the molecule is CCN1CCC(N[C@@H]2C[C@@H](C(=O)NC(C)C)N(Cc3ccccc3Cl)C2)CC1. The Hall–Kier alpha value is -1.14. The van der Waals surface area contributed by atoms with Gasteiger partial charge in [-0.25, -0.2) is 0 Å². The van der Waals surface area contributed by atoms with E-state index in [1.165, 1.54) is 25.9 Å². The van der Waals surface area contributed by atoms with E-state index in [1.807, 2.05) is 32.0 Å². The monoisotopic (exact) mass is 406 g/mol. The number of hydrogen-bond donors (Lipinski definition) is 2. The Morgan fingerprint density at radius 1 is 1.21 bits per heavy atom. The first-order chi connectivity index (χ1) is 13.5. The molecule has 2 atom stereocenters. The molecule has 0 aromatic heterocycles. The number of nitrogens with zero attached hydrogens (tertiary/aromatic N) is 2. The van der Waals surface area contributed by atoms with Crippen molar-refractivity contribution in [2.45, 2.75) is 70.7 Å². The number of carbonyl (C=O) groups excluding carboxylic acids is 1. The van der Waals surface area contributed by atoms with Gasteiger partial charge in [-0.15, -0.1) is 0 Å². The van der Waals surface area contributed by atoms with Crippen molar-refractivity contribution in [2.75, 3.05) is 26.2 Å². The van der Waals surface area contributed by atoms with Crippen LogP contribution in [-0.2, 0) is 11.3 Å². The van der Waals surface area contributed by atoms with Gasteiger partial charge < -0.3 is 15.5 Å². The molecule has 0 radical (unpaired) electrons. The summed E-state index contributed by atoms with van der Waals surface area (Å²) in [5.74, 6) is 0.132. The second kappa shape index (κ2) is 10.1. The molecule has 0 spiro atoms. The summed E-state index contributed by atoms with van der Waals surface area (Å²) in [6.45, 7) is 11.3. The Bertz CT molecular complexity index is 645. The maximum Gasteiger partial charge on any atom is 0.237 e. The van der Waals surface area contributed by atoms with E-state index in [2.05, 4.69) is 33.4 Å². The molecular formula is C22H35ClN4O. The van der Waals surface area contributed by atoms with Crippen LogP contribution in [0.3, 0.4) is 0 Å². The molecule has 3 rings (SSSR count). The van der Waals surface area contributed by atoms with E-state index in [0.717, 1.165) is 30.1 Å². The van der Waals surface area contributed by atoms with E-state index in [1.54, 1.807) is 0 Å². The average Bonchev–Trinajstić information content (AvgIpc) is 3.06. The summed E-state index contributed by atoms with van der Waals surface area (Å²) in [5.41, 5.74) is 1.09. The Labute approximate surface area is 174 Å². The van der Waals surface area contributed by atoms with Crippen LogP contribution in [-0.4, -0.2) is 66.1 Å². The van der Waals surface area contributed by atoms with Crippen LogP contribution in [0.15, 0.2) is 24.3 Å². The van der Waals surface area contributed by atoms with Crippen molar-refractivity contribution in [1.82, 2.24) is 20.4 Å². The molecule has 5 nitrogen and oxygen atoms in total. The molecule has 28 heavy (non-hydrogen) atoms. The zero-order chi connectivity index (χ0) is 20.1. The Balaban J connectivity index is 1.64. The molecule has 2 fully saturated rings. The highest BCUT2D eigenvalue weighted by atomic mass is 35.5. The first-order valence-electron chi connectivity index (χ1n) is 10.7. The van der Waals surface area contributed by atoms with E-state index >= 15 is 0 Å². The van der Waals surface area contributed by atoms with Crippen molar-refractivity contribution in [3.63, 3.8) is 0 Å². The fraction of sp³-hybridized carbons (Fsp3) is 0.682. The molecule has 0 unspecified atom stereocenters. The smallest absolute Gasteiger partial charge is 0.237 e. The zero-order valence-electron chi connectivity index (χ0n) is 17.5. The molecule has 1 amide bonds. The van der Waals surface area contributed by atoms with Gasteiger partial charge in [-0.3, -0.25) is 9.69 Å². The molecule has 2 heterocycles. The fourth-order valence-corrected chi connectivity index (χ4v) is 4.64. The van der Waals surface area contributed by atoms with Crippen molar-refractivity contribution < 1.29 is 4.79 Å². The third-order valence-electron chi connectivity index (χ3n) is 5.97. The quantitative estimate of drug-likeness (QED) is 0.731. The van der Waals surface area contributed by atoms with Crippen molar-refractivity contribution in [3.8, 4) is 0 Å². The number of nitrogens with one attached hydrogen (secondary N) is 2. The summed E-state index contributed by atoms with van der Waals surface area (Å²) in [6.07, 6.45) is 3.24. The minimum atomic E-state index is -0.105. The van der Waals surface area contributed by atoms with Gasteiger partial charge in [0, 0.05) is 36.2 Å². The Morgan fingerprint density at radius 2 is 1.93 bits per heavy atom. The minimum Gasteiger partial charge on any atom is -0.353 e. The lowest BCUT2D eigenvalue weighted by atomic mass is 10.0. The molecule has 1 aromatic carbocycles. The van der Waals surface area contributed by atoms with Crippen LogP contribution in [0.25, 0.3) is 0 Å². The molecule has 2 saturated heterocycles. The molecule has 6 heteroatoms. The standard InChI is InChI=1S/C22H35ClN4O/c1-4-26-11-9-18(10-12-26)25-19-13-21(22(28)24-16(2)3)27(15-19)14-17-7-5-6-8-20(17)23/h5-8,16,18-19,21,25H,4,9-15H2,1-3H3,(H,24,28)/t19-,21+/m1/s1. The van der Waals surface area contributed by atoms with Gasteiger partial charge in [0.25, 0.3) is 0 Å². The van der Waals surface area contributed by atoms with Crippen LogP contribution >= 0.6 is 11.6 Å². The summed E-state index contributed by atoms with van der Waals surface area (Å²) in [7, 11) is 0. The lowest BCUT2D eigenvalue weighted by Crippen LogP contribution is -2.46. The van der Waals surface area contributed by atoms with Crippen LogP contribution in [0.1, 0.15) is 45.6 Å². The van der Waals surface area contributed by atoms with E-state index in [-0.39, 0.29) is 18.0 Å². The Kier molecular flexibility index (Phi) is 7.75. The molecule has 0 saturated carbocycles. The molecule has 156 valence electrons. The zero-order valence-corrected chi connectivity index (χ0v) is 18.2. The maximum absolute atomic E-state index is 12.8. The highest BCUT2D eigenvalue weighted by molar-refractivity contribution is 6.31. The number of amides is 1. The molecule has 2 aliphatic heterocycles. The highest BCUT2D eigenvalue weighted by Gasteiger charge is 2.38. The van der Waals surface area contributed by atoms with Crippen LogP contribution in [0.4, 0.5) is 0 Å². The van der Waals surface area contributed by atoms with E-state index in [0.29, 0.717) is 18.6 Å². The van der Waals surface area contributed by atoms with E-state index in [4.69, 9.17) is 11.6 Å². The largest absolute Gasteiger partial charge is 0.353 e. The molecule has 0 bridgehead atoms. The van der Waals surface area contributed by atoms with Gasteiger partial charge in [-0.2, -0.15) is 0 Å². The fourth-order valence-electron chi connectivity index (χ4n) is 4.45. The Morgan fingerprint density at radius 3 is 2.57 bits per heavy atom. The van der Waals surface area contributed by atoms with Gasteiger partial charge in [0.05, 0.1) is 6.04 Å². The third kappa shape index (κ3) is 5.69. The number of hydrogen-bond acceptors (Lipinski definition) is 4. The van der Waals surface area contributed by atoms with Crippen LogP contribution in [0.2, 0.25) is 5.02 Å². The summed E-state index contributed by atoms with van der Waals surface area (Å²) in [5, 5.41) is 7.73. The van der Waals surface area contributed by atoms with Crippen molar-refractivity contribution in [2.24, 2.45) is 0 Å². The predicted molar refractivity (Wildman–Crippen MR) is 116 cm³/mol. The predicted octanol–water partition coefficient (Wildman–Crippen LogP) is 2.88. The second-order valence-corrected chi connectivity index (χ2v) is 8.91. The first-order valence-corrected chi connectivity index (χ1v) is 11.1. The van der Waals surface area contributed by atoms with E-state index < -0.39 is 0 Å². The van der Waals surface area contributed by atoms with Gasteiger partial charge in [0.2, 0.25) is 5.91 Å². The number of carbonyl (C=O) groups is 1. The third-order valence-corrected chi connectivity index (χ3v) is 6.34. The van der Waals surface area contributed by atoms with Crippen molar-refractivity contribution >= 4 is 17.5 Å². The summed E-state index contributed by atoms with van der Waals surface area (Å²) in [6, 6.07) is 8.90. The number of rotatable bonds is 7. The number of piperidine rings is 1. The average molecular weight is 407 g/mol. The van der Waals surface area contributed by atoms with Gasteiger partial charge in [-0.1, -0.05) is 36.7 Å². The molecule has 0 aliphatic carbocycles. The van der Waals surface area contributed by atoms with Crippen LogP contribution in [0, 0.1) is 0 Å². The summed E-state index contributed by atoms with van der Waals surface area (Å²) >= 11 is 6.39. The van der Waals surface area contributed by atoms with Crippen LogP contribution in [0.5, 0.6) is 0 Å². The summed E-state index contributed by atoms with van der Waals surface area (Å²) in [4.78, 5) is 17.6. The lowest BCUT2D eigenvalue weighted by molar-refractivity contribution is -0.126. The topological polar surface area (TPSA) is 47.6 Å². The molecular weight excluding hydrogens is 372 g/mol. The van der Waals surface area contributed by atoms with Crippen molar-refractivity contribution in [1.29, 1.82) is 0 Å². The highest BCUT2D eigenvalue weighted by Crippen LogP contribution is 2.25. The van der Waals surface area contributed by atoms with Crippen molar-refractivity contribution in [3.05, 3.63) is 34.9 Å². The number of likely N-dealkylation sites (tertiary alicyclic amines) is 2. The molecule has 2 N–H and O–H groups in total. The lowest BCUT2D eigenvalue weighted by Gasteiger charge is -2.33. The minimum absolute atomic E-state index is 0.105. The number of halogens is 1. The normalized spacial score (nSPS) is 24.8. The van der Waals surface area contributed by atoms with Crippen LogP contribution < -0.4 is 10.6 Å². The first kappa shape index (κ1) is 21.6. The van der Waals surface area contributed by atoms with Gasteiger partial charge in [0.15, 0.2) is 0 Å². The second-order valence-electron chi connectivity index (χ2n) is 8.51. The number of benzene rings is 1. The molecule has 2 aliphatic rings.